The van der Waals surface area contributed by atoms with Gasteiger partial charge >= 0.3 is 12.0 Å². The van der Waals surface area contributed by atoms with E-state index in [0.29, 0.717) is 18.9 Å². The first-order valence-corrected chi connectivity index (χ1v) is 7.45. The first kappa shape index (κ1) is 12.8. The van der Waals surface area contributed by atoms with Crippen LogP contribution in [-0.2, 0) is 4.79 Å². The van der Waals surface area contributed by atoms with Crippen LogP contribution in [0.3, 0.4) is 0 Å². The number of nitrogens with one attached hydrogen (secondary N) is 1. The lowest BCUT2D eigenvalue weighted by molar-refractivity contribution is -0.142. The monoisotopic (exact) mass is 266 g/mol. The second-order valence-corrected chi connectivity index (χ2v) is 6.22. The molecule has 1 atom stereocenters. The number of nitrogens with zero attached hydrogens (tertiary/aromatic N) is 1. The molecule has 0 aromatic carbocycles. The molecule has 0 bridgehead atoms. The number of hydrogen-bond acceptors (Lipinski definition) is 2. The quantitative estimate of drug-likeness (QED) is 0.818. The van der Waals surface area contributed by atoms with Crippen LogP contribution >= 0.6 is 0 Å². The Balaban J connectivity index is 1.44. The Bertz CT molecular complexity index is 373. The number of rotatable bonds is 3. The van der Waals surface area contributed by atoms with Crippen molar-refractivity contribution < 1.29 is 14.7 Å². The minimum Gasteiger partial charge on any atom is -0.481 e. The third kappa shape index (κ3) is 2.69. The predicted molar refractivity (Wildman–Crippen MR) is 69.7 cm³/mol. The minimum atomic E-state index is -0.693. The molecule has 0 radical (unpaired) electrons. The highest BCUT2D eigenvalue weighted by atomic mass is 16.4. The molecule has 2 N–H and O–H groups in total. The summed E-state index contributed by atoms with van der Waals surface area (Å²) in [7, 11) is 0. The van der Waals surface area contributed by atoms with Crippen molar-refractivity contribution in [2.75, 3.05) is 6.54 Å². The molecule has 3 rings (SSSR count). The highest BCUT2D eigenvalue weighted by Gasteiger charge is 2.43. The molecule has 0 spiro atoms. The van der Waals surface area contributed by atoms with Gasteiger partial charge in [0.2, 0.25) is 0 Å². The zero-order valence-electron chi connectivity index (χ0n) is 11.2. The van der Waals surface area contributed by atoms with Crippen molar-refractivity contribution >= 4 is 12.0 Å². The molecule has 19 heavy (non-hydrogen) atoms. The van der Waals surface area contributed by atoms with Crippen LogP contribution in [0.15, 0.2) is 0 Å². The highest BCUT2D eigenvalue weighted by Crippen LogP contribution is 2.41. The number of carboxylic acid groups (broad SMARTS) is 1. The van der Waals surface area contributed by atoms with Gasteiger partial charge in [0.1, 0.15) is 0 Å². The van der Waals surface area contributed by atoms with Crippen LogP contribution in [0.2, 0.25) is 0 Å². The summed E-state index contributed by atoms with van der Waals surface area (Å²) < 4.78 is 0. The molecule has 3 fully saturated rings. The number of amides is 2. The Hall–Kier alpha value is -1.26. The van der Waals surface area contributed by atoms with Gasteiger partial charge in [-0.3, -0.25) is 4.79 Å². The van der Waals surface area contributed by atoms with Gasteiger partial charge in [0.05, 0.1) is 5.92 Å². The highest BCUT2D eigenvalue weighted by molar-refractivity contribution is 5.76. The molecule has 5 heteroatoms. The van der Waals surface area contributed by atoms with Crippen LogP contribution in [-0.4, -0.2) is 40.6 Å². The SMILES string of the molecule is O=C(O)C1CCC(NC(=O)N2CCC2C2CC2)CC1. The number of aliphatic carboxylic acids is 1. The molecule has 2 aliphatic carbocycles. The molecule has 2 amide bonds. The Labute approximate surface area is 113 Å². The van der Waals surface area contributed by atoms with Gasteiger partial charge in [0, 0.05) is 18.6 Å². The molecule has 1 unspecified atom stereocenters. The van der Waals surface area contributed by atoms with E-state index < -0.39 is 5.97 Å². The summed E-state index contributed by atoms with van der Waals surface area (Å²) in [5.41, 5.74) is 0. The van der Waals surface area contributed by atoms with Crippen LogP contribution in [0.4, 0.5) is 4.79 Å². The summed E-state index contributed by atoms with van der Waals surface area (Å²) in [6, 6.07) is 0.723. The lowest BCUT2D eigenvalue weighted by atomic mass is 9.86. The summed E-state index contributed by atoms with van der Waals surface area (Å²) in [4.78, 5) is 25.0. The number of carboxylic acids is 1. The van der Waals surface area contributed by atoms with Crippen molar-refractivity contribution in [1.82, 2.24) is 10.2 Å². The van der Waals surface area contributed by atoms with Crippen LogP contribution in [0.5, 0.6) is 0 Å². The van der Waals surface area contributed by atoms with Crippen molar-refractivity contribution in [3.63, 3.8) is 0 Å². The van der Waals surface area contributed by atoms with E-state index >= 15 is 0 Å². The van der Waals surface area contributed by atoms with E-state index in [4.69, 9.17) is 5.11 Å². The molecule has 3 aliphatic rings. The van der Waals surface area contributed by atoms with Crippen molar-refractivity contribution in [1.29, 1.82) is 0 Å². The molecule has 1 saturated heterocycles. The van der Waals surface area contributed by atoms with Crippen LogP contribution < -0.4 is 5.32 Å². The van der Waals surface area contributed by atoms with Crippen molar-refractivity contribution in [3.8, 4) is 0 Å². The van der Waals surface area contributed by atoms with Gasteiger partial charge in [0.15, 0.2) is 0 Å². The summed E-state index contributed by atoms with van der Waals surface area (Å²) in [5.74, 6) is -0.153. The van der Waals surface area contributed by atoms with Gasteiger partial charge < -0.3 is 15.3 Å². The molecule has 5 nitrogen and oxygen atoms in total. The second-order valence-electron chi connectivity index (χ2n) is 6.22. The average Bonchev–Trinajstić information content (AvgIpc) is 3.12. The summed E-state index contributed by atoms with van der Waals surface area (Å²) in [5, 5.41) is 12.0. The van der Waals surface area contributed by atoms with Crippen molar-refractivity contribution in [2.45, 2.75) is 57.0 Å². The Morgan fingerprint density at radius 1 is 1.00 bits per heavy atom. The van der Waals surface area contributed by atoms with E-state index in [9.17, 15) is 9.59 Å². The lowest BCUT2D eigenvalue weighted by Gasteiger charge is -2.42. The van der Waals surface area contributed by atoms with E-state index in [1.165, 1.54) is 12.8 Å². The molecule has 2 saturated carbocycles. The fraction of sp³-hybridized carbons (Fsp3) is 0.857. The largest absolute Gasteiger partial charge is 0.481 e. The third-order valence-electron chi connectivity index (χ3n) is 4.90. The molecular formula is C14H22N2O3. The fourth-order valence-electron chi connectivity index (χ4n) is 3.37. The maximum absolute atomic E-state index is 12.2. The van der Waals surface area contributed by atoms with E-state index in [1.807, 2.05) is 4.90 Å². The first-order chi connectivity index (χ1) is 9.15. The van der Waals surface area contributed by atoms with E-state index in [2.05, 4.69) is 5.32 Å². The third-order valence-corrected chi connectivity index (χ3v) is 4.90. The fourth-order valence-corrected chi connectivity index (χ4v) is 3.37. The Kier molecular flexibility index (Phi) is 3.37. The standard InChI is InChI=1S/C14H22N2O3/c17-13(18)10-3-5-11(6-4-10)15-14(19)16-8-7-12(16)9-1-2-9/h9-12H,1-8H2,(H,15,19)(H,17,18). The number of carbonyl (C=O) groups is 2. The minimum absolute atomic E-state index is 0.0712. The molecule has 1 aliphatic heterocycles. The Morgan fingerprint density at radius 2 is 1.68 bits per heavy atom. The van der Waals surface area contributed by atoms with E-state index in [0.717, 1.165) is 31.7 Å². The maximum atomic E-state index is 12.2. The van der Waals surface area contributed by atoms with Gasteiger partial charge in [-0.05, 0) is 50.9 Å². The van der Waals surface area contributed by atoms with Crippen LogP contribution in [0.1, 0.15) is 44.9 Å². The zero-order valence-corrected chi connectivity index (χ0v) is 11.2. The first-order valence-electron chi connectivity index (χ1n) is 7.45. The van der Waals surface area contributed by atoms with Crippen molar-refractivity contribution in [3.05, 3.63) is 0 Å². The molecule has 106 valence electrons. The lowest BCUT2D eigenvalue weighted by Crippen LogP contribution is -2.57. The topological polar surface area (TPSA) is 69.6 Å². The van der Waals surface area contributed by atoms with Gasteiger partial charge in [-0.25, -0.2) is 4.79 Å². The van der Waals surface area contributed by atoms with Gasteiger partial charge in [0.25, 0.3) is 0 Å². The van der Waals surface area contributed by atoms with Crippen molar-refractivity contribution in [2.24, 2.45) is 11.8 Å². The number of urea groups is 1. The number of hydrogen-bond donors (Lipinski definition) is 2. The maximum Gasteiger partial charge on any atom is 0.317 e. The summed E-state index contributed by atoms with van der Waals surface area (Å²) in [6.07, 6.45) is 6.67. The number of likely N-dealkylation sites (tertiary alicyclic amines) is 1. The Morgan fingerprint density at radius 3 is 2.16 bits per heavy atom. The van der Waals surface area contributed by atoms with E-state index in [-0.39, 0.29) is 18.0 Å². The molecule has 0 aromatic rings. The van der Waals surface area contributed by atoms with Gasteiger partial charge in [-0.15, -0.1) is 0 Å². The molecule has 0 aromatic heterocycles. The van der Waals surface area contributed by atoms with Crippen LogP contribution in [0.25, 0.3) is 0 Å². The predicted octanol–water partition coefficient (Wildman–Crippen LogP) is 1.82. The van der Waals surface area contributed by atoms with Gasteiger partial charge in [-0.2, -0.15) is 0 Å². The van der Waals surface area contributed by atoms with Crippen LogP contribution in [0, 0.1) is 11.8 Å². The normalized spacial score (nSPS) is 34.5. The molecule has 1 heterocycles. The number of carbonyl (C=O) groups excluding carboxylic acids is 1. The smallest absolute Gasteiger partial charge is 0.317 e. The van der Waals surface area contributed by atoms with E-state index in [1.54, 1.807) is 0 Å². The second kappa shape index (κ2) is 5.02. The van der Waals surface area contributed by atoms with Gasteiger partial charge in [-0.1, -0.05) is 0 Å². The molecular weight excluding hydrogens is 244 g/mol. The summed E-state index contributed by atoms with van der Waals surface area (Å²) in [6.45, 7) is 0.886. The summed E-state index contributed by atoms with van der Waals surface area (Å²) >= 11 is 0. The zero-order chi connectivity index (χ0) is 13.4. The average molecular weight is 266 g/mol.